The van der Waals surface area contributed by atoms with Gasteiger partial charge < -0.3 is 9.73 Å². The summed E-state index contributed by atoms with van der Waals surface area (Å²) in [5.74, 6) is -0.168. The molecule has 3 aromatic rings. The van der Waals surface area contributed by atoms with Gasteiger partial charge in [-0.15, -0.1) is 0 Å². The lowest BCUT2D eigenvalue weighted by atomic mass is 10.2. The van der Waals surface area contributed by atoms with Crippen LogP contribution in [-0.2, 0) is 14.8 Å². The summed E-state index contributed by atoms with van der Waals surface area (Å²) in [5, 5.41) is 2.72. The van der Waals surface area contributed by atoms with Gasteiger partial charge >= 0.3 is 0 Å². The molecule has 0 saturated carbocycles. The number of anilines is 1. The van der Waals surface area contributed by atoms with Crippen LogP contribution in [0.25, 0.3) is 11.1 Å². The van der Waals surface area contributed by atoms with E-state index in [-0.39, 0.29) is 12.3 Å². The van der Waals surface area contributed by atoms with Gasteiger partial charge in [0.25, 0.3) is 0 Å². The summed E-state index contributed by atoms with van der Waals surface area (Å²) in [7, 11) is -4.22. The number of fused-ring (bicyclic) bond motifs is 1. The van der Waals surface area contributed by atoms with Gasteiger partial charge in [0, 0.05) is 11.6 Å². The number of hydrogen-bond acceptors (Lipinski definition) is 6. The number of sulfonamides is 1. The second kappa shape index (κ2) is 9.80. The fraction of sp³-hybridized carbons (Fsp3) is 0.333. The van der Waals surface area contributed by atoms with Crippen molar-refractivity contribution in [3.05, 3.63) is 54.2 Å². The highest BCUT2D eigenvalue weighted by atomic mass is 32.2. The highest BCUT2D eigenvalue weighted by Gasteiger charge is 2.27. The van der Waals surface area contributed by atoms with Crippen LogP contribution in [0.15, 0.2) is 51.8 Å². The van der Waals surface area contributed by atoms with Gasteiger partial charge in [-0.3, -0.25) is 4.79 Å². The number of aromatic nitrogens is 1. The Morgan fingerprint density at radius 1 is 1.23 bits per heavy atom. The first-order valence-electron chi connectivity index (χ1n) is 9.68. The quantitative estimate of drug-likeness (QED) is 0.493. The molecular weight excluding hydrogens is 441 g/mol. The van der Waals surface area contributed by atoms with Crippen LogP contribution in [0, 0.1) is 5.82 Å². The largest absolute Gasteiger partial charge is 0.440 e. The molecule has 0 spiro atoms. The van der Waals surface area contributed by atoms with Gasteiger partial charge in [-0.05, 0) is 48.8 Å². The molecule has 0 aliphatic carbocycles. The van der Waals surface area contributed by atoms with E-state index < -0.39 is 32.7 Å². The minimum absolute atomic E-state index is 0.120. The molecule has 1 unspecified atom stereocenters. The Labute approximate surface area is 184 Å². The van der Waals surface area contributed by atoms with E-state index in [1.165, 1.54) is 23.9 Å². The monoisotopic (exact) mass is 465 g/mol. The molecule has 0 saturated heterocycles. The van der Waals surface area contributed by atoms with Crippen LogP contribution in [0.5, 0.6) is 0 Å². The van der Waals surface area contributed by atoms with Crippen molar-refractivity contribution in [2.24, 2.45) is 0 Å². The van der Waals surface area contributed by atoms with Gasteiger partial charge in [0.05, 0.1) is 0 Å². The number of rotatable bonds is 9. The lowest BCUT2D eigenvalue weighted by molar-refractivity contribution is -0.117. The van der Waals surface area contributed by atoms with Gasteiger partial charge in [-0.2, -0.15) is 16.5 Å². The molecule has 0 aliphatic heterocycles. The van der Waals surface area contributed by atoms with Gasteiger partial charge in [0.15, 0.2) is 11.5 Å². The van der Waals surface area contributed by atoms with Crippen LogP contribution in [0.2, 0.25) is 0 Å². The van der Waals surface area contributed by atoms with Gasteiger partial charge in [0.2, 0.25) is 15.9 Å². The predicted molar refractivity (Wildman–Crippen MR) is 120 cm³/mol. The summed E-state index contributed by atoms with van der Waals surface area (Å²) in [6, 6.07) is 8.99. The van der Waals surface area contributed by atoms with Crippen LogP contribution >= 0.6 is 11.8 Å². The Morgan fingerprint density at radius 2 is 1.97 bits per heavy atom. The maximum Gasteiger partial charge on any atom is 0.244 e. The predicted octanol–water partition coefficient (Wildman–Crippen LogP) is 4.13. The third kappa shape index (κ3) is 5.63. The maximum absolute atomic E-state index is 14.0. The molecule has 0 radical (unpaired) electrons. The number of carbonyl (C=O) groups excluding carboxylic acids is 1. The molecule has 2 N–H and O–H groups in total. The summed E-state index contributed by atoms with van der Waals surface area (Å²) in [4.78, 5) is 16.8. The first-order valence-corrected chi connectivity index (χ1v) is 12.6. The second-order valence-corrected chi connectivity index (χ2v) is 9.93. The van der Waals surface area contributed by atoms with E-state index >= 15 is 0 Å². The first kappa shape index (κ1) is 23.2. The number of halogens is 1. The topological polar surface area (TPSA) is 101 Å². The number of amides is 1. The van der Waals surface area contributed by atoms with Crippen molar-refractivity contribution in [3.63, 3.8) is 0 Å². The molecular formula is C21H24FN3O4S2. The molecule has 1 heterocycles. The molecule has 0 fully saturated rings. The number of oxazole rings is 1. The van der Waals surface area contributed by atoms with Crippen molar-refractivity contribution in [2.75, 3.05) is 17.3 Å². The zero-order valence-electron chi connectivity index (χ0n) is 17.4. The van der Waals surface area contributed by atoms with E-state index in [9.17, 15) is 17.6 Å². The number of thioether (sulfide) groups is 1. The molecule has 1 aromatic heterocycles. The van der Waals surface area contributed by atoms with Crippen molar-refractivity contribution in [1.82, 2.24) is 9.71 Å². The SMILES string of the molecule is CSCCC(NS(=O)(=O)c1ccccc1F)C(=O)Nc1ccc2oc(C(C)C)nc2c1. The third-order valence-electron chi connectivity index (χ3n) is 4.52. The van der Waals surface area contributed by atoms with E-state index in [2.05, 4.69) is 15.0 Å². The fourth-order valence-electron chi connectivity index (χ4n) is 2.89. The standard InChI is InChI=1S/C21H24FN3O4S2/c1-13(2)21-24-17-12-14(8-9-18(17)29-21)23-20(26)16(10-11-30-3)25-31(27,28)19-7-5-4-6-15(19)22/h4-9,12-13,16,25H,10-11H2,1-3H3,(H,23,26). The molecule has 10 heteroatoms. The molecule has 7 nitrogen and oxygen atoms in total. The average molecular weight is 466 g/mol. The van der Waals surface area contributed by atoms with Gasteiger partial charge in [-0.25, -0.2) is 17.8 Å². The third-order valence-corrected chi connectivity index (χ3v) is 6.67. The Bertz CT molecular complexity index is 1180. The lowest BCUT2D eigenvalue weighted by Gasteiger charge is -2.18. The smallest absolute Gasteiger partial charge is 0.244 e. The highest BCUT2D eigenvalue weighted by Crippen LogP contribution is 2.24. The molecule has 0 aliphatic rings. The van der Waals surface area contributed by atoms with Crippen molar-refractivity contribution >= 4 is 44.5 Å². The molecule has 166 valence electrons. The summed E-state index contributed by atoms with van der Waals surface area (Å²) in [6.45, 7) is 3.93. The number of nitrogens with one attached hydrogen (secondary N) is 2. The summed E-state index contributed by atoms with van der Waals surface area (Å²) >= 11 is 1.47. The van der Waals surface area contributed by atoms with Crippen LogP contribution in [0.3, 0.4) is 0 Å². The molecule has 1 amide bonds. The Morgan fingerprint density at radius 3 is 2.65 bits per heavy atom. The number of carbonyl (C=O) groups is 1. The highest BCUT2D eigenvalue weighted by molar-refractivity contribution is 7.98. The molecule has 2 aromatic carbocycles. The zero-order chi connectivity index (χ0) is 22.6. The fourth-order valence-corrected chi connectivity index (χ4v) is 4.67. The van der Waals surface area contributed by atoms with E-state index in [4.69, 9.17) is 4.42 Å². The normalized spacial score (nSPS) is 12.9. The van der Waals surface area contributed by atoms with E-state index in [0.717, 1.165) is 12.1 Å². The second-order valence-electron chi connectivity index (χ2n) is 7.26. The lowest BCUT2D eigenvalue weighted by Crippen LogP contribution is -2.44. The molecule has 0 bridgehead atoms. The molecule has 3 rings (SSSR count). The van der Waals surface area contributed by atoms with Crippen molar-refractivity contribution in [2.45, 2.75) is 37.1 Å². The molecule has 31 heavy (non-hydrogen) atoms. The summed E-state index contributed by atoms with van der Waals surface area (Å²) in [5.41, 5.74) is 1.65. The zero-order valence-corrected chi connectivity index (χ0v) is 19.0. The van der Waals surface area contributed by atoms with Crippen LogP contribution in [-0.4, -0.2) is 37.4 Å². The van der Waals surface area contributed by atoms with Gasteiger partial charge in [0.1, 0.15) is 22.3 Å². The number of hydrogen-bond donors (Lipinski definition) is 2. The minimum Gasteiger partial charge on any atom is -0.440 e. The van der Waals surface area contributed by atoms with Crippen LogP contribution in [0.4, 0.5) is 10.1 Å². The maximum atomic E-state index is 14.0. The first-order chi connectivity index (χ1) is 14.7. The van der Waals surface area contributed by atoms with E-state index in [0.29, 0.717) is 28.4 Å². The Hall–Kier alpha value is -2.43. The Balaban J connectivity index is 1.81. The summed E-state index contributed by atoms with van der Waals surface area (Å²) < 4.78 is 47.3. The van der Waals surface area contributed by atoms with Crippen molar-refractivity contribution in [1.29, 1.82) is 0 Å². The van der Waals surface area contributed by atoms with Crippen molar-refractivity contribution in [3.8, 4) is 0 Å². The van der Waals surface area contributed by atoms with Crippen molar-refractivity contribution < 1.29 is 22.0 Å². The van der Waals surface area contributed by atoms with Crippen LogP contribution in [0.1, 0.15) is 32.1 Å². The number of benzene rings is 2. The number of nitrogens with zero attached hydrogens (tertiary/aromatic N) is 1. The van der Waals surface area contributed by atoms with E-state index in [1.807, 2.05) is 20.1 Å². The minimum atomic E-state index is -4.22. The molecule has 1 atom stereocenters. The summed E-state index contributed by atoms with van der Waals surface area (Å²) in [6.07, 6.45) is 2.09. The van der Waals surface area contributed by atoms with Gasteiger partial charge in [-0.1, -0.05) is 26.0 Å². The average Bonchev–Trinajstić information content (AvgIpc) is 3.15. The van der Waals surface area contributed by atoms with E-state index in [1.54, 1.807) is 18.2 Å². The Kier molecular flexibility index (Phi) is 7.34. The van der Waals surface area contributed by atoms with Crippen LogP contribution < -0.4 is 10.0 Å².